The molecule has 1 saturated carbocycles. The van der Waals surface area contributed by atoms with Gasteiger partial charge in [-0.1, -0.05) is 0 Å². The minimum Gasteiger partial charge on any atom is -0.477 e. The summed E-state index contributed by atoms with van der Waals surface area (Å²) in [5.41, 5.74) is 3.71. The molecule has 0 spiro atoms. The third-order valence-electron chi connectivity index (χ3n) is 6.70. The van der Waals surface area contributed by atoms with Crippen LogP contribution in [0.2, 0.25) is 0 Å². The van der Waals surface area contributed by atoms with Gasteiger partial charge >= 0.3 is 5.97 Å². The maximum Gasteiger partial charge on any atom is 0.341 e. The molecule has 2 aromatic rings. The summed E-state index contributed by atoms with van der Waals surface area (Å²) in [6.45, 7) is 0.958. The van der Waals surface area contributed by atoms with Gasteiger partial charge in [0.25, 0.3) is 0 Å². The van der Waals surface area contributed by atoms with Crippen molar-refractivity contribution in [1.29, 1.82) is 0 Å². The second-order valence-electron chi connectivity index (χ2n) is 8.38. The number of aromatic nitrogens is 1. The molecule has 2 unspecified atom stereocenters. The molecule has 2 aliphatic heterocycles. The average Bonchev–Trinajstić information content (AvgIpc) is 3.48. The highest BCUT2D eigenvalue weighted by Gasteiger charge is 2.40. The Morgan fingerprint density at radius 1 is 1.10 bits per heavy atom. The summed E-state index contributed by atoms with van der Waals surface area (Å²) in [4.78, 5) is 28.2. The Labute approximate surface area is 165 Å². The lowest BCUT2D eigenvalue weighted by atomic mass is 10.0. The largest absolute Gasteiger partial charge is 0.477 e. The first-order chi connectivity index (χ1) is 13.8. The highest BCUT2D eigenvalue weighted by molar-refractivity contribution is 5.99. The predicted octanol–water partition coefficient (Wildman–Crippen LogP) is 2.18. The van der Waals surface area contributed by atoms with Crippen LogP contribution in [-0.4, -0.2) is 52.8 Å². The molecule has 2 bridgehead atoms. The molecule has 3 heterocycles. The van der Waals surface area contributed by atoms with Gasteiger partial charge in [0, 0.05) is 37.4 Å². The van der Waals surface area contributed by atoms with Crippen molar-refractivity contribution in [1.82, 2.24) is 9.47 Å². The van der Waals surface area contributed by atoms with Gasteiger partial charge in [-0.25, -0.2) is 13.6 Å². The van der Waals surface area contributed by atoms with Crippen LogP contribution < -0.4 is 16.1 Å². The molecular formula is C20H22F2N4O3. The monoisotopic (exact) mass is 404 g/mol. The SMILES string of the molecule is CN1C2CCC1CN(c1c(F)c(N)c3c(=O)c(C(=O)O)cn(C4CC4)c3c1F)C2. The molecule has 0 radical (unpaired) electrons. The number of nitrogens with zero attached hydrogens (tertiary/aromatic N) is 3. The summed E-state index contributed by atoms with van der Waals surface area (Å²) in [5, 5.41) is 8.99. The topological polar surface area (TPSA) is 91.8 Å². The van der Waals surface area contributed by atoms with E-state index in [0.717, 1.165) is 25.7 Å². The maximum atomic E-state index is 15.8. The Kier molecular flexibility index (Phi) is 3.90. The Hall–Kier alpha value is -2.68. The minimum atomic E-state index is -1.44. The lowest BCUT2D eigenvalue weighted by Crippen LogP contribution is -2.52. The highest BCUT2D eigenvalue weighted by atomic mass is 19.1. The molecule has 3 fully saturated rings. The van der Waals surface area contributed by atoms with Crippen molar-refractivity contribution in [2.45, 2.75) is 43.8 Å². The van der Waals surface area contributed by atoms with E-state index in [-0.39, 0.29) is 34.7 Å². The van der Waals surface area contributed by atoms with E-state index in [9.17, 15) is 14.7 Å². The van der Waals surface area contributed by atoms with Crippen molar-refractivity contribution in [2.24, 2.45) is 0 Å². The number of hydrogen-bond acceptors (Lipinski definition) is 5. The number of anilines is 2. The lowest BCUT2D eigenvalue weighted by Gasteiger charge is -2.40. The van der Waals surface area contributed by atoms with Crippen LogP contribution in [0.5, 0.6) is 0 Å². The molecule has 29 heavy (non-hydrogen) atoms. The number of benzene rings is 1. The zero-order valence-electron chi connectivity index (χ0n) is 16.0. The van der Waals surface area contributed by atoms with E-state index in [4.69, 9.17) is 5.73 Å². The van der Waals surface area contributed by atoms with Crippen molar-refractivity contribution in [2.75, 3.05) is 30.8 Å². The van der Waals surface area contributed by atoms with Gasteiger partial charge in [-0.3, -0.25) is 9.69 Å². The first-order valence-electron chi connectivity index (χ1n) is 9.85. The Morgan fingerprint density at radius 3 is 2.24 bits per heavy atom. The van der Waals surface area contributed by atoms with Gasteiger partial charge < -0.3 is 20.3 Å². The van der Waals surface area contributed by atoms with Crippen LogP contribution in [0.3, 0.4) is 0 Å². The van der Waals surface area contributed by atoms with E-state index in [1.165, 1.54) is 10.8 Å². The summed E-state index contributed by atoms with van der Waals surface area (Å²) in [7, 11) is 2.03. The number of halogens is 2. The summed E-state index contributed by atoms with van der Waals surface area (Å²) in [6.07, 6.45) is 4.59. The minimum absolute atomic E-state index is 0.0947. The van der Waals surface area contributed by atoms with E-state index < -0.39 is 34.3 Å². The first-order valence-corrected chi connectivity index (χ1v) is 9.85. The fourth-order valence-corrected chi connectivity index (χ4v) is 4.92. The molecule has 1 aromatic carbocycles. The van der Waals surface area contributed by atoms with Crippen LogP contribution in [0.4, 0.5) is 20.2 Å². The number of carboxylic acids is 1. The molecule has 5 rings (SSSR count). The standard InChI is InChI=1S/C20H22F2N4O3/c1-24-10-4-5-11(24)7-25(6-10)18-14(21)16(23)13-17(15(18)22)26(9-2-3-9)8-12(19(13)27)20(28)29/h8-11H,2-7,23H2,1H3,(H,28,29). The van der Waals surface area contributed by atoms with Gasteiger partial charge in [-0.15, -0.1) is 0 Å². The molecular weight excluding hydrogens is 382 g/mol. The van der Waals surface area contributed by atoms with Crippen molar-refractivity contribution >= 4 is 28.2 Å². The normalized spacial score (nSPS) is 24.4. The number of hydrogen-bond donors (Lipinski definition) is 2. The van der Waals surface area contributed by atoms with Crippen LogP contribution in [0.25, 0.3) is 10.9 Å². The number of nitrogens with two attached hydrogens (primary N) is 1. The zero-order valence-corrected chi connectivity index (χ0v) is 16.0. The number of carbonyl (C=O) groups is 1. The van der Waals surface area contributed by atoms with Crippen LogP contribution in [0, 0.1) is 11.6 Å². The maximum absolute atomic E-state index is 15.8. The van der Waals surface area contributed by atoms with E-state index >= 15 is 8.78 Å². The number of aromatic carboxylic acids is 1. The molecule has 2 atom stereocenters. The zero-order chi connectivity index (χ0) is 20.6. The Balaban J connectivity index is 1.77. The molecule has 1 aromatic heterocycles. The number of pyridine rings is 1. The summed E-state index contributed by atoms with van der Waals surface area (Å²) >= 11 is 0. The van der Waals surface area contributed by atoms with Crippen molar-refractivity contribution < 1.29 is 18.7 Å². The number of nitrogen functional groups attached to an aromatic ring is 1. The highest BCUT2D eigenvalue weighted by Crippen LogP contribution is 2.42. The molecule has 154 valence electrons. The molecule has 2 saturated heterocycles. The van der Waals surface area contributed by atoms with Crippen LogP contribution in [0.15, 0.2) is 11.0 Å². The number of carboxylic acid groups (broad SMARTS) is 1. The molecule has 1 aliphatic carbocycles. The number of rotatable bonds is 3. The van der Waals surface area contributed by atoms with Gasteiger partial charge in [-0.05, 0) is 32.7 Å². The Bertz CT molecular complexity index is 1100. The summed E-state index contributed by atoms with van der Waals surface area (Å²) in [6, 6.07) is 0.307. The Morgan fingerprint density at radius 2 is 1.69 bits per heavy atom. The van der Waals surface area contributed by atoms with Gasteiger partial charge in [0.15, 0.2) is 11.6 Å². The average molecular weight is 404 g/mol. The van der Waals surface area contributed by atoms with Gasteiger partial charge in [0.1, 0.15) is 11.3 Å². The smallest absolute Gasteiger partial charge is 0.341 e. The van der Waals surface area contributed by atoms with Gasteiger partial charge in [0.05, 0.1) is 16.6 Å². The molecule has 3 N–H and O–H groups in total. The van der Waals surface area contributed by atoms with Gasteiger partial charge in [-0.2, -0.15) is 0 Å². The fraction of sp³-hybridized carbons (Fsp3) is 0.500. The van der Waals surface area contributed by atoms with Gasteiger partial charge in [0.2, 0.25) is 5.43 Å². The van der Waals surface area contributed by atoms with Crippen LogP contribution >= 0.6 is 0 Å². The predicted molar refractivity (Wildman–Crippen MR) is 105 cm³/mol. The van der Waals surface area contributed by atoms with Crippen molar-refractivity contribution in [3.8, 4) is 0 Å². The number of piperazine rings is 1. The summed E-state index contributed by atoms with van der Waals surface area (Å²) in [5.74, 6) is -3.26. The van der Waals surface area contributed by atoms with E-state index in [0.29, 0.717) is 13.1 Å². The van der Waals surface area contributed by atoms with Crippen molar-refractivity contribution in [3.63, 3.8) is 0 Å². The molecule has 7 nitrogen and oxygen atoms in total. The molecule has 0 amide bonds. The quantitative estimate of drug-likeness (QED) is 0.762. The first kappa shape index (κ1) is 18.4. The van der Waals surface area contributed by atoms with E-state index in [2.05, 4.69) is 4.90 Å². The second-order valence-corrected chi connectivity index (χ2v) is 8.38. The van der Waals surface area contributed by atoms with Crippen molar-refractivity contribution in [3.05, 3.63) is 33.6 Å². The van der Waals surface area contributed by atoms with E-state index in [1.54, 1.807) is 4.90 Å². The fourth-order valence-electron chi connectivity index (χ4n) is 4.92. The van der Waals surface area contributed by atoms with E-state index in [1.807, 2.05) is 7.05 Å². The summed E-state index contributed by atoms with van der Waals surface area (Å²) < 4.78 is 32.5. The number of likely N-dealkylation sites (N-methyl/N-ethyl adjacent to an activating group) is 1. The third kappa shape index (κ3) is 2.56. The molecule has 3 aliphatic rings. The van der Waals surface area contributed by atoms with Crippen LogP contribution in [-0.2, 0) is 0 Å². The lowest BCUT2D eigenvalue weighted by molar-refractivity contribution is 0.0695. The van der Waals surface area contributed by atoms with Crippen LogP contribution in [0.1, 0.15) is 42.1 Å². The molecule has 9 heteroatoms. The second kappa shape index (κ2) is 6.16. The third-order valence-corrected chi connectivity index (χ3v) is 6.70. The number of fused-ring (bicyclic) bond motifs is 3.